The van der Waals surface area contributed by atoms with Crippen LogP contribution in [0.15, 0.2) is 48.7 Å². The normalized spacial score (nSPS) is 17.3. The van der Waals surface area contributed by atoms with Gasteiger partial charge in [0.2, 0.25) is 41.4 Å². The number of benzene rings is 2. The van der Waals surface area contributed by atoms with Crippen LogP contribution in [0.1, 0.15) is 140 Å². The van der Waals surface area contributed by atoms with Crippen molar-refractivity contribution >= 4 is 41.4 Å². The van der Waals surface area contributed by atoms with Crippen LogP contribution >= 0.6 is 0 Å². The molecule has 0 aliphatic carbocycles. The van der Waals surface area contributed by atoms with E-state index >= 15 is 0 Å². The van der Waals surface area contributed by atoms with Crippen molar-refractivity contribution in [3.63, 3.8) is 0 Å². The summed E-state index contributed by atoms with van der Waals surface area (Å²) in [7, 11) is 3.05. The third-order valence-corrected chi connectivity index (χ3v) is 12.7. The lowest BCUT2D eigenvalue weighted by Gasteiger charge is -2.33. The number of hydrogen-bond acceptors (Lipinski definition) is 10. The molecule has 0 saturated heterocycles. The maximum Gasteiger partial charge on any atom is 0.247 e. The van der Waals surface area contributed by atoms with Gasteiger partial charge in [0.15, 0.2) is 0 Å². The number of nitrogens with one attached hydrogen (secondary N) is 5. The van der Waals surface area contributed by atoms with Crippen molar-refractivity contribution in [1.29, 1.82) is 0 Å². The Labute approximate surface area is 402 Å². The molecule has 1 aliphatic heterocycles. The number of hydrogen-bond donors (Lipinski definition) is 8. The fourth-order valence-electron chi connectivity index (χ4n) is 8.11. The number of carbonyl (C=O) groups excluding carboxylic acids is 7. The zero-order valence-corrected chi connectivity index (χ0v) is 41.4. The second-order valence-corrected chi connectivity index (χ2v) is 18.3. The van der Waals surface area contributed by atoms with Crippen molar-refractivity contribution in [1.82, 2.24) is 36.4 Å². The molecule has 4 bridgehead atoms. The molecule has 3 rings (SSSR count). The van der Waals surface area contributed by atoms with Gasteiger partial charge < -0.3 is 52.3 Å². The molecule has 2 aromatic carbocycles. The minimum atomic E-state index is -1.20. The monoisotopic (exact) mass is 947 g/mol. The largest absolute Gasteiger partial charge is 0.507 e. The van der Waals surface area contributed by atoms with E-state index in [1.165, 1.54) is 101 Å². The molecular weight excluding hydrogens is 869 g/mol. The van der Waals surface area contributed by atoms with E-state index in [-0.39, 0.29) is 36.7 Å². The fourth-order valence-corrected chi connectivity index (χ4v) is 8.11. The topological polar surface area (TPSA) is 253 Å². The Bertz CT molecular complexity index is 2060. The van der Waals surface area contributed by atoms with E-state index in [0.717, 1.165) is 24.8 Å². The van der Waals surface area contributed by atoms with Crippen molar-refractivity contribution in [2.75, 3.05) is 27.2 Å². The number of aliphatic hydroxyl groups is 1. The predicted octanol–water partition coefficient (Wildman–Crippen LogP) is 4.31. The summed E-state index contributed by atoms with van der Waals surface area (Å²) in [6.45, 7) is 11.7. The Balaban J connectivity index is 1.65. The van der Waals surface area contributed by atoms with Gasteiger partial charge in [0.25, 0.3) is 0 Å². The van der Waals surface area contributed by atoms with Crippen LogP contribution in [0, 0.1) is 6.92 Å². The quantitative estimate of drug-likeness (QED) is 0.0621. The highest BCUT2D eigenvalue weighted by molar-refractivity contribution is 5.95. The van der Waals surface area contributed by atoms with E-state index in [1.54, 1.807) is 37.4 Å². The third-order valence-electron chi connectivity index (χ3n) is 12.7. The first-order chi connectivity index (χ1) is 32.3. The molecule has 0 spiro atoms. The number of nitrogens with two attached hydrogens (primary N) is 1. The lowest BCUT2D eigenvalue weighted by Crippen LogP contribution is -2.56. The predicted molar refractivity (Wildman–Crippen MR) is 263 cm³/mol. The lowest BCUT2D eigenvalue weighted by atomic mass is 9.91. The molecule has 1 aliphatic rings. The number of aliphatic hydroxyl groups excluding tert-OH is 1. The highest BCUT2D eigenvalue weighted by Gasteiger charge is 2.33. The van der Waals surface area contributed by atoms with Gasteiger partial charge in [-0.3, -0.25) is 33.6 Å². The van der Waals surface area contributed by atoms with Crippen molar-refractivity contribution < 1.29 is 43.8 Å². The van der Waals surface area contributed by atoms with Crippen LogP contribution in [0.3, 0.4) is 0 Å². The van der Waals surface area contributed by atoms with E-state index < -0.39 is 78.3 Å². The van der Waals surface area contributed by atoms with Crippen LogP contribution in [0.2, 0.25) is 0 Å². The Morgan fingerprint density at radius 1 is 0.809 bits per heavy atom. The first-order valence-electron chi connectivity index (χ1n) is 24.3. The van der Waals surface area contributed by atoms with Gasteiger partial charge in [-0.15, -0.1) is 0 Å². The smallest absolute Gasteiger partial charge is 0.247 e. The molecule has 6 atom stereocenters. The van der Waals surface area contributed by atoms with Crippen molar-refractivity contribution in [3.05, 3.63) is 65.4 Å². The summed E-state index contributed by atoms with van der Waals surface area (Å²) >= 11 is 0. The molecule has 2 aromatic rings. The van der Waals surface area contributed by atoms with E-state index in [0.29, 0.717) is 28.7 Å². The molecule has 17 nitrogen and oxygen atoms in total. The molecule has 0 fully saturated rings. The van der Waals surface area contributed by atoms with Crippen LogP contribution in [-0.2, 0) is 40.0 Å². The number of rotatable bonds is 26. The third kappa shape index (κ3) is 17.3. The SMILES string of the molecule is C=C(CNC(=O)[C@@H](C)NC(=O)[C@@H](CO)N(C)C(=O)CCCCCCCCCCCCCCC)N(C)[C@@H]1C(=O)N[C@@H](C)C(=O)N[C@H](C(=O)N[C@@H](C)C(N)=O)Cc2ccc(O)c(c2)-c2cc1ccc2C. The number of likely N-dealkylation sites (N-methyl/N-ethyl adjacent to an activating group) is 2. The molecule has 0 saturated carbocycles. The van der Waals surface area contributed by atoms with Gasteiger partial charge in [-0.25, -0.2) is 0 Å². The van der Waals surface area contributed by atoms with Gasteiger partial charge in [0, 0.05) is 38.2 Å². The summed E-state index contributed by atoms with van der Waals surface area (Å²) < 4.78 is 0. The maximum absolute atomic E-state index is 14.3. The van der Waals surface area contributed by atoms with Crippen LogP contribution in [0.5, 0.6) is 5.75 Å². The summed E-state index contributed by atoms with van der Waals surface area (Å²) in [5.74, 6) is -4.40. The molecule has 0 radical (unpaired) electrons. The van der Waals surface area contributed by atoms with E-state index in [9.17, 15) is 43.8 Å². The highest BCUT2D eigenvalue weighted by Crippen LogP contribution is 2.36. The summed E-state index contributed by atoms with van der Waals surface area (Å²) in [6.07, 6.45) is 15.5. The number of aryl methyl sites for hydroxylation is 1. The highest BCUT2D eigenvalue weighted by atomic mass is 16.3. The number of nitrogens with zero attached hydrogens (tertiary/aromatic N) is 2. The Hall–Kier alpha value is -5.97. The van der Waals surface area contributed by atoms with E-state index in [4.69, 9.17) is 5.73 Å². The molecule has 376 valence electrons. The van der Waals surface area contributed by atoms with Crippen LogP contribution in [0.25, 0.3) is 11.1 Å². The van der Waals surface area contributed by atoms with Gasteiger partial charge in [-0.2, -0.15) is 0 Å². The molecule has 9 N–H and O–H groups in total. The van der Waals surface area contributed by atoms with Gasteiger partial charge >= 0.3 is 0 Å². The van der Waals surface area contributed by atoms with Gasteiger partial charge in [0.1, 0.15) is 42.0 Å². The van der Waals surface area contributed by atoms with Gasteiger partial charge in [0.05, 0.1) is 13.2 Å². The molecule has 7 amide bonds. The summed E-state index contributed by atoms with van der Waals surface area (Å²) in [4.78, 5) is 95.3. The van der Waals surface area contributed by atoms with Crippen molar-refractivity contribution in [3.8, 4) is 16.9 Å². The number of amides is 7. The minimum absolute atomic E-state index is 0.0206. The summed E-state index contributed by atoms with van der Waals surface area (Å²) in [6, 6.07) is 3.25. The van der Waals surface area contributed by atoms with Crippen LogP contribution < -0.4 is 32.3 Å². The molecule has 68 heavy (non-hydrogen) atoms. The standard InChI is InChI=1S/C51H78N8O9/c1-9-10-11-12-13-14-15-16-17-18-19-20-21-22-44(62)59(8)42(31-60)50(67)55-35(5)47(64)53-30-33(3)58(7)45-38-25-23-32(2)39(29-38)40-27-37(24-26-43(40)61)28-41(49(66)54-34(4)46(52)63)57-48(65)36(6)56-51(45)68/h23-27,29,34-36,41-42,45,60-61H,3,9-22,28,30-31H2,1-2,4-8H3,(H2,52,63)(H,53,64)(H,54,66)(H,55,67)(H,56,68)(H,57,65)/t34-,35+,36-,41-,42+,45-/m0/s1. The second kappa shape index (κ2) is 28.4. The van der Waals surface area contributed by atoms with Gasteiger partial charge in [-0.1, -0.05) is 109 Å². The van der Waals surface area contributed by atoms with Crippen LogP contribution in [-0.4, -0.2) is 119 Å². The second-order valence-electron chi connectivity index (χ2n) is 18.3. The van der Waals surface area contributed by atoms with Crippen LogP contribution in [0.4, 0.5) is 0 Å². The number of phenolic OH excluding ortho intramolecular Hbond substituents is 1. The zero-order valence-electron chi connectivity index (χ0n) is 41.4. The lowest BCUT2D eigenvalue weighted by molar-refractivity contribution is -0.141. The average molecular weight is 947 g/mol. The minimum Gasteiger partial charge on any atom is -0.507 e. The number of carbonyl (C=O) groups is 7. The number of primary amides is 1. The zero-order chi connectivity index (χ0) is 50.5. The number of aromatic hydroxyl groups is 1. The van der Waals surface area contributed by atoms with E-state index in [2.05, 4.69) is 40.1 Å². The summed E-state index contributed by atoms with van der Waals surface area (Å²) in [5.41, 5.74) is 8.45. The number of phenols is 1. The van der Waals surface area contributed by atoms with Crippen molar-refractivity contribution in [2.24, 2.45) is 5.73 Å². The molecule has 17 heteroatoms. The first-order valence-corrected chi connectivity index (χ1v) is 24.3. The fraction of sp³-hybridized carbons (Fsp3) is 0.588. The Morgan fingerprint density at radius 2 is 1.41 bits per heavy atom. The van der Waals surface area contributed by atoms with Crippen molar-refractivity contribution in [2.45, 2.75) is 167 Å². The molecule has 0 unspecified atom stereocenters. The van der Waals surface area contributed by atoms with E-state index in [1.807, 2.05) is 6.92 Å². The molecular formula is C51H78N8O9. The number of unbranched alkanes of at least 4 members (excludes halogenated alkanes) is 12. The average Bonchev–Trinajstić information content (AvgIpc) is 3.30. The number of fused-ring (bicyclic) bond motifs is 5. The maximum atomic E-state index is 14.3. The summed E-state index contributed by atoms with van der Waals surface area (Å²) in [5, 5.41) is 34.4. The Morgan fingerprint density at radius 3 is 2.00 bits per heavy atom. The Kier molecular flexibility index (Phi) is 23.5. The van der Waals surface area contributed by atoms with Gasteiger partial charge in [-0.05, 0) is 74.6 Å². The molecule has 0 aromatic heterocycles. The molecule has 1 heterocycles. The first kappa shape index (κ1) is 56.4.